The van der Waals surface area contributed by atoms with Gasteiger partial charge in [0.05, 0.1) is 5.56 Å². The van der Waals surface area contributed by atoms with Gasteiger partial charge in [-0.15, -0.1) is 0 Å². The number of carbonyl (C=O) groups excluding carboxylic acids is 2. The summed E-state index contributed by atoms with van der Waals surface area (Å²) in [5.74, 6) is -0.648. The quantitative estimate of drug-likeness (QED) is 0.889. The van der Waals surface area contributed by atoms with Gasteiger partial charge in [0, 0.05) is 11.3 Å². The number of rotatable bonds is 2. The zero-order valence-electron chi connectivity index (χ0n) is 11.1. The Bertz CT molecular complexity index is 685. The number of imide groups is 1. The first-order valence-corrected chi connectivity index (χ1v) is 6.21. The third-order valence-corrected chi connectivity index (χ3v) is 2.71. The third-order valence-electron chi connectivity index (χ3n) is 2.71. The summed E-state index contributed by atoms with van der Waals surface area (Å²) >= 11 is 0. The molecule has 0 radical (unpaired) electrons. The smallest absolute Gasteiger partial charge is 0.308 e. The van der Waals surface area contributed by atoms with E-state index < -0.39 is 23.7 Å². The average Bonchev–Trinajstić information content (AvgIpc) is 2.47. The van der Waals surface area contributed by atoms with Crippen molar-refractivity contribution >= 4 is 17.6 Å². The number of benzene rings is 2. The van der Waals surface area contributed by atoms with Crippen LogP contribution in [0.4, 0.5) is 23.7 Å². The first-order valence-electron chi connectivity index (χ1n) is 6.21. The molecule has 2 N–H and O–H groups in total. The number of amides is 3. The molecule has 0 aliphatic carbocycles. The predicted octanol–water partition coefficient (Wildman–Crippen LogP) is 3.67. The minimum absolute atomic E-state index is 0.0619. The Hall–Kier alpha value is -2.83. The van der Waals surface area contributed by atoms with Crippen molar-refractivity contribution in [2.45, 2.75) is 6.18 Å². The Balaban J connectivity index is 2.02. The molecule has 0 atom stereocenters. The van der Waals surface area contributed by atoms with Crippen molar-refractivity contribution < 1.29 is 22.8 Å². The second kappa shape index (κ2) is 6.30. The summed E-state index contributed by atoms with van der Waals surface area (Å²) in [6, 6.07) is 11.2. The highest BCUT2D eigenvalue weighted by atomic mass is 19.4. The molecule has 0 saturated carbocycles. The zero-order valence-corrected chi connectivity index (χ0v) is 11.1. The molecule has 2 aromatic carbocycles. The Morgan fingerprint density at radius 2 is 1.59 bits per heavy atom. The van der Waals surface area contributed by atoms with Crippen molar-refractivity contribution in [2.75, 3.05) is 5.32 Å². The summed E-state index contributed by atoms with van der Waals surface area (Å²) in [5.41, 5.74) is -0.686. The van der Waals surface area contributed by atoms with Crippen LogP contribution in [0.5, 0.6) is 0 Å². The van der Waals surface area contributed by atoms with Gasteiger partial charge in [0.1, 0.15) is 0 Å². The molecule has 0 unspecified atom stereocenters. The van der Waals surface area contributed by atoms with Crippen molar-refractivity contribution in [3.63, 3.8) is 0 Å². The monoisotopic (exact) mass is 308 g/mol. The molecule has 0 saturated heterocycles. The Morgan fingerprint density at radius 1 is 0.909 bits per heavy atom. The van der Waals surface area contributed by atoms with E-state index in [1.165, 1.54) is 18.2 Å². The number of alkyl halides is 3. The highest BCUT2D eigenvalue weighted by Gasteiger charge is 2.30. The number of urea groups is 1. The number of nitrogens with one attached hydrogen (secondary N) is 2. The minimum atomic E-state index is -4.51. The lowest BCUT2D eigenvalue weighted by Gasteiger charge is -2.10. The fourth-order valence-electron chi connectivity index (χ4n) is 1.70. The minimum Gasteiger partial charge on any atom is -0.308 e. The van der Waals surface area contributed by atoms with Crippen molar-refractivity contribution in [3.05, 3.63) is 65.7 Å². The van der Waals surface area contributed by atoms with E-state index in [4.69, 9.17) is 0 Å². The van der Waals surface area contributed by atoms with Crippen LogP contribution in [0.15, 0.2) is 54.6 Å². The molecular formula is C15H11F3N2O2. The summed E-state index contributed by atoms with van der Waals surface area (Å²) in [7, 11) is 0. The normalized spacial score (nSPS) is 10.9. The predicted molar refractivity (Wildman–Crippen MR) is 74.4 cm³/mol. The lowest BCUT2D eigenvalue weighted by molar-refractivity contribution is -0.137. The van der Waals surface area contributed by atoms with Gasteiger partial charge < -0.3 is 5.32 Å². The second-order valence-corrected chi connectivity index (χ2v) is 4.35. The average molecular weight is 308 g/mol. The molecular weight excluding hydrogens is 297 g/mol. The van der Waals surface area contributed by atoms with Crippen LogP contribution in [-0.2, 0) is 6.18 Å². The van der Waals surface area contributed by atoms with E-state index in [1.54, 1.807) is 18.2 Å². The summed E-state index contributed by atoms with van der Waals surface area (Å²) in [6.45, 7) is 0. The number of hydrogen-bond acceptors (Lipinski definition) is 2. The topological polar surface area (TPSA) is 58.2 Å². The fraction of sp³-hybridized carbons (Fsp3) is 0.0667. The van der Waals surface area contributed by atoms with Gasteiger partial charge in [-0.1, -0.05) is 24.3 Å². The van der Waals surface area contributed by atoms with Gasteiger partial charge >= 0.3 is 12.2 Å². The summed E-state index contributed by atoms with van der Waals surface area (Å²) in [6.07, 6.45) is -4.51. The molecule has 7 heteroatoms. The standard InChI is InChI=1S/C15H11F3N2O2/c16-15(17,18)11-7-4-8-12(9-11)19-14(22)20-13(21)10-5-2-1-3-6-10/h1-9H,(H2,19,20,21,22). The highest BCUT2D eigenvalue weighted by molar-refractivity contribution is 6.07. The molecule has 2 rings (SSSR count). The number of hydrogen-bond donors (Lipinski definition) is 2. The molecule has 114 valence electrons. The van der Waals surface area contributed by atoms with Crippen molar-refractivity contribution in [1.82, 2.24) is 5.32 Å². The number of halogens is 3. The largest absolute Gasteiger partial charge is 0.416 e. The summed E-state index contributed by atoms with van der Waals surface area (Å²) < 4.78 is 37.7. The summed E-state index contributed by atoms with van der Waals surface area (Å²) in [5, 5.41) is 4.22. The van der Waals surface area contributed by atoms with Crippen LogP contribution in [0, 0.1) is 0 Å². The molecule has 0 aliphatic heterocycles. The van der Waals surface area contributed by atoms with E-state index in [9.17, 15) is 22.8 Å². The lowest BCUT2D eigenvalue weighted by atomic mass is 10.2. The SMILES string of the molecule is O=C(NC(=O)c1ccccc1)Nc1cccc(C(F)(F)F)c1. The summed E-state index contributed by atoms with van der Waals surface area (Å²) in [4.78, 5) is 23.4. The van der Waals surface area contributed by atoms with Gasteiger partial charge in [0.15, 0.2) is 0 Å². The van der Waals surface area contributed by atoms with E-state index >= 15 is 0 Å². The highest BCUT2D eigenvalue weighted by Crippen LogP contribution is 2.30. The van der Waals surface area contributed by atoms with Crippen LogP contribution in [0.25, 0.3) is 0 Å². The first kappa shape index (κ1) is 15.6. The van der Waals surface area contributed by atoms with E-state index in [-0.39, 0.29) is 11.3 Å². The van der Waals surface area contributed by atoms with Gasteiger partial charge in [-0.05, 0) is 30.3 Å². The second-order valence-electron chi connectivity index (χ2n) is 4.35. The maximum atomic E-state index is 12.6. The molecule has 3 amide bonds. The number of anilines is 1. The number of carbonyl (C=O) groups is 2. The van der Waals surface area contributed by atoms with E-state index in [0.29, 0.717) is 0 Å². The zero-order chi connectivity index (χ0) is 16.2. The van der Waals surface area contributed by atoms with Crippen LogP contribution in [0.1, 0.15) is 15.9 Å². The van der Waals surface area contributed by atoms with Gasteiger partial charge in [-0.25, -0.2) is 4.79 Å². The van der Waals surface area contributed by atoms with Crippen LogP contribution in [0.2, 0.25) is 0 Å². The van der Waals surface area contributed by atoms with Crippen molar-refractivity contribution in [2.24, 2.45) is 0 Å². The molecule has 0 bridgehead atoms. The first-order chi connectivity index (χ1) is 10.4. The van der Waals surface area contributed by atoms with Gasteiger partial charge in [0.2, 0.25) is 0 Å². The molecule has 0 heterocycles. The molecule has 0 aromatic heterocycles. The Labute approximate surface area is 124 Å². The molecule has 0 spiro atoms. The van der Waals surface area contributed by atoms with Gasteiger partial charge in [-0.2, -0.15) is 13.2 Å². The maximum Gasteiger partial charge on any atom is 0.416 e. The molecule has 22 heavy (non-hydrogen) atoms. The van der Waals surface area contributed by atoms with E-state index in [0.717, 1.165) is 18.2 Å². The van der Waals surface area contributed by atoms with Crippen LogP contribution in [-0.4, -0.2) is 11.9 Å². The molecule has 2 aromatic rings. The van der Waals surface area contributed by atoms with E-state index in [2.05, 4.69) is 5.32 Å². The van der Waals surface area contributed by atoms with Crippen LogP contribution in [0.3, 0.4) is 0 Å². The fourth-order valence-corrected chi connectivity index (χ4v) is 1.70. The van der Waals surface area contributed by atoms with Crippen LogP contribution >= 0.6 is 0 Å². The van der Waals surface area contributed by atoms with Gasteiger partial charge in [0.25, 0.3) is 5.91 Å². The molecule has 0 aliphatic rings. The third kappa shape index (κ3) is 4.08. The van der Waals surface area contributed by atoms with Gasteiger partial charge in [-0.3, -0.25) is 10.1 Å². The Kier molecular flexibility index (Phi) is 4.45. The van der Waals surface area contributed by atoms with E-state index in [1.807, 2.05) is 5.32 Å². The van der Waals surface area contributed by atoms with Crippen molar-refractivity contribution in [3.8, 4) is 0 Å². The van der Waals surface area contributed by atoms with Crippen LogP contribution < -0.4 is 10.6 Å². The Morgan fingerprint density at radius 3 is 2.23 bits per heavy atom. The van der Waals surface area contributed by atoms with Crippen molar-refractivity contribution in [1.29, 1.82) is 0 Å². The maximum absolute atomic E-state index is 12.6. The molecule has 0 fully saturated rings. The lowest BCUT2D eigenvalue weighted by Crippen LogP contribution is -2.34. The molecule has 4 nitrogen and oxygen atoms in total.